The van der Waals surface area contributed by atoms with Crippen molar-refractivity contribution in [3.8, 4) is 5.88 Å². The van der Waals surface area contributed by atoms with E-state index < -0.39 is 37.5 Å². The molecule has 67 heavy (non-hydrogen) atoms. The first-order chi connectivity index (χ1) is 32.3. The number of fused-ring (bicyclic) bond motifs is 2. The van der Waals surface area contributed by atoms with Gasteiger partial charge in [-0.3, -0.25) is 14.9 Å². The molecule has 0 radical (unpaired) electrons. The molecule has 3 fully saturated rings. The Morgan fingerprint density at radius 1 is 1.04 bits per heavy atom. The Morgan fingerprint density at radius 3 is 2.58 bits per heavy atom. The van der Waals surface area contributed by atoms with Gasteiger partial charge < -0.3 is 44.2 Å². The Kier molecular flexibility index (Phi) is 12.4. The van der Waals surface area contributed by atoms with E-state index in [1.165, 1.54) is 17.7 Å². The van der Waals surface area contributed by atoms with Crippen molar-refractivity contribution in [2.45, 2.75) is 62.2 Å². The van der Waals surface area contributed by atoms with Crippen LogP contribution in [0.1, 0.15) is 54.9 Å². The van der Waals surface area contributed by atoms with Gasteiger partial charge in [0.15, 0.2) is 0 Å². The summed E-state index contributed by atoms with van der Waals surface area (Å²) in [6.45, 7) is 6.32. The number of aromatic amines is 1. The molecule has 1 amide bonds. The number of nitro groups is 1. The molecule has 5 aliphatic rings. The van der Waals surface area contributed by atoms with Crippen LogP contribution in [0.25, 0.3) is 16.6 Å². The van der Waals surface area contributed by atoms with E-state index in [0.717, 1.165) is 73.6 Å². The third kappa shape index (κ3) is 9.17. The molecule has 17 nitrogen and oxygen atoms in total. The third-order valence-electron chi connectivity index (χ3n) is 13.7. The maximum atomic E-state index is 14.4. The quantitative estimate of drug-likeness (QED) is 0.0719. The molecule has 3 saturated heterocycles. The van der Waals surface area contributed by atoms with Crippen LogP contribution in [0.5, 0.6) is 5.88 Å². The number of sulfonamides is 1. The normalized spacial score (nSPS) is 21.4. The fraction of sp³-hybridized carbons (Fsp3) is 0.417. The second-order valence-corrected chi connectivity index (χ2v) is 20.4. The second-order valence-electron chi connectivity index (χ2n) is 18.2. The second kappa shape index (κ2) is 18.4. The van der Waals surface area contributed by atoms with E-state index in [-0.39, 0.29) is 41.3 Å². The van der Waals surface area contributed by atoms with Crippen LogP contribution in [0.15, 0.2) is 89.5 Å². The number of pyridine rings is 1. The number of anilines is 4. The minimum Gasteiger partial charge on any atom is -0.471 e. The van der Waals surface area contributed by atoms with Crippen molar-refractivity contribution in [2.24, 2.45) is 11.3 Å². The number of ether oxygens (including phenoxy) is 4. The number of piperidine rings is 1. The van der Waals surface area contributed by atoms with Crippen LogP contribution >= 0.6 is 11.6 Å². The molecule has 3 aromatic carbocycles. The van der Waals surface area contributed by atoms with E-state index in [2.05, 4.69) is 19.9 Å². The van der Waals surface area contributed by atoms with E-state index in [1.54, 1.807) is 18.3 Å². The molecule has 352 valence electrons. The fourth-order valence-corrected chi connectivity index (χ4v) is 11.2. The zero-order chi connectivity index (χ0) is 46.5. The van der Waals surface area contributed by atoms with Crippen LogP contribution in [0, 0.1) is 21.4 Å². The van der Waals surface area contributed by atoms with Gasteiger partial charge in [-0.25, -0.2) is 13.1 Å². The van der Waals surface area contributed by atoms with Crippen molar-refractivity contribution in [3.05, 3.63) is 111 Å². The number of amides is 1. The van der Waals surface area contributed by atoms with E-state index >= 15 is 0 Å². The maximum absolute atomic E-state index is 14.4. The molecule has 10 rings (SSSR count). The molecule has 6 heterocycles. The van der Waals surface area contributed by atoms with Gasteiger partial charge in [0, 0.05) is 53.4 Å². The van der Waals surface area contributed by atoms with E-state index in [4.69, 9.17) is 35.5 Å². The lowest BCUT2D eigenvalue weighted by Crippen LogP contribution is -2.45. The number of allylic oxidation sites excluding steroid dienone is 1. The topological polar surface area (TPSA) is 211 Å². The lowest BCUT2D eigenvalue weighted by molar-refractivity contribution is -0.384. The Balaban J connectivity index is 0.927. The zero-order valence-corrected chi connectivity index (χ0v) is 38.5. The number of halogens is 1. The standard InChI is InChI=1S/C48H52ClN7O10S/c1-29-25-55(43-20-32-11-15-50-45(32)52-47(43)66-29)41-21-34(54-16-12-31(13-17-54)44(57)37-10-14-48(27-64-28-48)23-39(37)30-2-4-33(49)5-3-30)6-8-38(41)46(58)53-67(61,62)36-7-9-40(42(22-36)56(59)60)51-24-35-26-63-18-19-65-35/h2-9,11,15,20-22,29,31,35,44,51,57H,10,12-14,16-19,23-28H2,1H3,(H,50,52)(H,53,58)/t29-,35-,44-/m1/s1. The lowest BCUT2D eigenvalue weighted by atomic mass is 9.67. The first-order valence-electron chi connectivity index (χ1n) is 22.7. The Labute approximate surface area is 392 Å². The van der Waals surface area contributed by atoms with Gasteiger partial charge in [-0.1, -0.05) is 23.7 Å². The van der Waals surface area contributed by atoms with Gasteiger partial charge in [-0.15, -0.1) is 0 Å². The number of benzene rings is 3. The predicted octanol–water partition coefficient (Wildman–Crippen LogP) is 7.22. The maximum Gasteiger partial charge on any atom is 0.293 e. The minimum atomic E-state index is -4.62. The molecular weight excluding hydrogens is 902 g/mol. The van der Waals surface area contributed by atoms with E-state index in [1.807, 2.05) is 54.3 Å². The summed E-state index contributed by atoms with van der Waals surface area (Å²) in [5.41, 5.74) is 5.62. The van der Waals surface area contributed by atoms with Gasteiger partial charge in [0.25, 0.3) is 21.6 Å². The summed E-state index contributed by atoms with van der Waals surface area (Å²) in [6.07, 6.45) is 4.54. The molecule has 3 atom stereocenters. The number of aromatic nitrogens is 2. The van der Waals surface area contributed by atoms with Crippen LogP contribution < -0.4 is 24.6 Å². The third-order valence-corrected chi connectivity index (χ3v) is 15.3. The molecule has 4 aliphatic heterocycles. The van der Waals surface area contributed by atoms with Crippen molar-refractivity contribution in [2.75, 3.05) is 74.3 Å². The molecular formula is C48H52ClN7O10S. The average Bonchev–Trinajstić information content (AvgIpc) is 3.79. The Hall–Kier alpha value is -5.76. The lowest BCUT2D eigenvalue weighted by Gasteiger charge is -2.47. The van der Waals surface area contributed by atoms with E-state index in [9.17, 15) is 28.4 Å². The van der Waals surface area contributed by atoms with Gasteiger partial charge in [-0.05, 0) is 116 Å². The molecule has 1 spiro atoms. The zero-order valence-electron chi connectivity index (χ0n) is 36.9. The number of nitrogens with zero attached hydrogens (tertiary/aromatic N) is 4. The van der Waals surface area contributed by atoms with Crippen LogP contribution in [-0.2, 0) is 24.2 Å². The number of hydrogen-bond donors (Lipinski definition) is 4. The number of H-pyrrole nitrogens is 1. The number of nitro benzene ring substituents is 1. The number of aliphatic hydroxyl groups is 1. The van der Waals surface area contributed by atoms with Crippen molar-refractivity contribution in [3.63, 3.8) is 0 Å². The highest BCUT2D eigenvalue weighted by Gasteiger charge is 2.44. The molecule has 1 aliphatic carbocycles. The predicted molar refractivity (Wildman–Crippen MR) is 253 cm³/mol. The summed E-state index contributed by atoms with van der Waals surface area (Å²) in [5, 5.41) is 28.7. The minimum absolute atomic E-state index is 0.0259. The smallest absolute Gasteiger partial charge is 0.293 e. The van der Waals surface area contributed by atoms with Gasteiger partial charge in [-0.2, -0.15) is 4.98 Å². The van der Waals surface area contributed by atoms with Gasteiger partial charge >= 0.3 is 0 Å². The largest absolute Gasteiger partial charge is 0.471 e. The SMILES string of the molecule is C[C@@H]1CN(c2cc(N3CCC([C@@H](O)C4=C(c5ccc(Cl)cc5)CC5(CC4)COC5)CC3)ccc2C(=O)NS(=O)(=O)c2ccc(NC[C@@H]3COCCO3)c([N+](=O)[O-])c2)c2cc3cc[nH]c3nc2O1. The van der Waals surface area contributed by atoms with Crippen LogP contribution in [0.2, 0.25) is 5.02 Å². The monoisotopic (exact) mass is 953 g/mol. The summed E-state index contributed by atoms with van der Waals surface area (Å²) >= 11 is 6.27. The number of carbonyl (C=O) groups excluding carboxylic acids is 1. The van der Waals surface area contributed by atoms with E-state index in [0.29, 0.717) is 67.4 Å². The summed E-state index contributed by atoms with van der Waals surface area (Å²) < 4.78 is 53.0. The van der Waals surface area contributed by atoms with Gasteiger partial charge in [0.2, 0.25) is 5.88 Å². The molecule has 0 saturated carbocycles. The fourth-order valence-electron chi connectivity index (χ4n) is 10.1. The summed E-state index contributed by atoms with van der Waals surface area (Å²) in [5.74, 6) is -0.549. The van der Waals surface area contributed by atoms with Crippen LogP contribution in [-0.4, -0.2) is 112 Å². The highest BCUT2D eigenvalue weighted by Crippen LogP contribution is 2.50. The van der Waals surface area contributed by atoms with Crippen molar-refractivity contribution in [1.82, 2.24) is 14.7 Å². The average molecular weight is 955 g/mol. The number of rotatable bonds is 12. The molecule has 19 heteroatoms. The first kappa shape index (κ1) is 45.0. The number of aliphatic hydroxyl groups excluding tert-OH is 1. The van der Waals surface area contributed by atoms with Crippen molar-refractivity contribution in [1.29, 1.82) is 0 Å². The molecule has 0 bridgehead atoms. The van der Waals surface area contributed by atoms with Crippen molar-refractivity contribution < 1.29 is 42.2 Å². The first-order valence-corrected chi connectivity index (χ1v) is 24.5. The summed E-state index contributed by atoms with van der Waals surface area (Å²) in [7, 11) is -4.62. The summed E-state index contributed by atoms with van der Waals surface area (Å²) in [6, 6.07) is 20.4. The van der Waals surface area contributed by atoms with Crippen LogP contribution in [0.3, 0.4) is 0 Å². The highest BCUT2D eigenvalue weighted by molar-refractivity contribution is 7.90. The number of nitrogens with one attached hydrogen (secondary N) is 3. The molecule has 2 aromatic heterocycles. The number of carbonyl (C=O) groups is 1. The highest BCUT2D eigenvalue weighted by atomic mass is 35.5. The molecule has 0 unspecified atom stereocenters. The van der Waals surface area contributed by atoms with Crippen molar-refractivity contribution >= 4 is 72.6 Å². The van der Waals surface area contributed by atoms with Gasteiger partial charge in [0.1, 0.15) is 23.1 Å². The Morgan fingerprint density at radius 2 is 1.85 bits per heavy atom. The number of hydrogen-bond acceptors (Lipinski definition) is 14. The molecule has 4 N–H and O–H groups in total. The van der Waals surface area contributed by atoms with Gasteiger partial charge in [0.05, 0.1) is 72.9 Å². The Bertz CT molecular complexity index is 2840. The summed E-state index contributed by atoms with van der Waals surface area (Å²) in [4.78, 5) is 37.4. The molecule has 5 aromatic rings. The van der Waals surface area contributed by atoms with Crippen LogP contribution in [0.4, 0.5) is 28.4 Å².